The Balaban J connectivity index is 2.93. The summed E-state index contributed by atoms with van der Waals surface area (Å²) in [6.07, 6.45) is 0. The Morgan fingerprint density at radius 2 is 2.05 bits per heavy atom. The third kappa shape index (κ3) is 4.03. The smallest absolute Gasteiger partial charge is 0.240 e. The van der Waals surface area contributed by atoms with Crippen LogP contribution in [-0.2, 0) is 10.0 Å². The molecular formula is C13H19N3O2S. The lowest BCUT2D eigenvalue weighted by atomic mass is 10.1. The molecule has 3 N–H and O–H groups in total. The fourth-order valence-corrected chi connectivity index (χ4v) is 2.84. The molecule has 104 valence electrons. The average Bonchev–Trinajstić information content (AvgIpc) is 2.35. The highest BCUT2D eigenvalue weighted by Gasteiger charge is 2.18. The van der Waals surface area contributed by atoms with Gasteiger partial charge in [0, 0.05) is 12.6 Å². The van der Waals surface area contributed by atoms with Crippen molar-refractivity contribution in [3.05, 3.63) is 29.3 Å². The number of nitrogens with one attached hydrogen (secondary N) is 1. The molecule has 0 bridgehead atoms. The molecule has 0 aliphatic rings. The van der Waals surface area contributed by atoms with Gasteiger partial charge in [0.05, 0.1) is 16.5 Å². The maximum atomic E-state index is 12.1. The lowest BCUT2D eigenvalue weighted by molar-refractivity contribution is 0.481. The molecule has 0 saturated carbocycles. The van der Waals surface area contributed by atoms with Gasteiger partial charge in [-0.15, -0.1) is 0 Å². The highest BCUT2D eigenvalue weighted by atomic mass is 32.2. The number of hydrogen-bond acceptors (Lipinski definition) is 4. The van der Waals surface area contributed by atoms with Gasteiger partial charge in [0.25, 0.3) is 0 Å². The third-order valence-corrected chi connectivity index (χ3v) is 4.54. The summed E-state index contributed by atoms with van der Waals surface area (Å²) in [6, 6.07) is 6.23. The van der Waals surface area contributed by atoms with Crippen LogP contribution in [0.25, 0.3) is 0 Å². The van der Waals surface area contributed by atoms with Crippen molar-refractivity contribution in [2.45, 2.75) is 31.7 Å². The molecule has 0 heterocycles. The SMILES string of the molecule is Cc1cc(C#N)ccc1S(=O)(=O)NCC(N)C(C)C. The Morgan fingerprint density at radius 1 is 1.42 bits per heavy atom. The van der Waals surface area contributed by atoms with Gasteiger partial charge in [0.1, 0.15) is 0 Å². The van der Waals surface area contributed by atoms with E-state index in [4.69, 9.17) is 11.0 Å². The zero-order valence-corrected chi connectivity index (χ0v) is 12.2. The van der Waals surface area contributed by atoms with Crippen molar-refractivity contribution in [3.63, 3.8) is 0 Å². The average molecular weight is 281 g/mol. The van der Waals surface area contributed by atoms with Crippen molar-refractivity contribution < 1.29 is 8.42 Å². The molecule has 0 fully saturated rings. The van der Waals surface area contributed by atoms with E-state index in [9.17, 15) is 8.42 Å². The predicted molar refractivity (Wildman–Crippen MR) is 73.9 cm³/mol. The summed E-state index contributed by atoms with van der Waals surface area (Å²) in [7, 11) is -3.58. The summed E-state index contributed by atoms with van der Waals surface area (Å²) < 4.78 is 26.8. The van der Waals surface area contributed by atoms with Crippen LogP contribution in [-0.4, -0.2) is 21.0 Å². The zero-order chi connectivity index (χ0) is 14.6. The van der Waals surface area contributed by atoms with E-state index in [1.165, 1.54) is 12.1 Å². The van der Waals surface area contributed by atoms with Gasteiger partial charge in [-0.1, -0.05) is 13.8 Å². The van der Waals surface area contributed by atoms with Crippen LogP contribution < -0.4 is 10.5 Å². The van der Waals surface area contributed by atoms with Crippen LogP contribution >= 0.6 is 0 Å². The molecule has 6 heteroatoms. The van der Waals surface area contributed by atoms with Gasteiger partial charge in [0.2, 0.25) is 10.0 Å². The molecule has 1 aromatic rings. The number of sulfonamides is 1. The van der Waals surface area contributed by atoms with Gasteiger partial charge in [-0.2, -0.15) is 5.26 Å². The van der Waals surface area contributed by atoms with Crippen LogP contribution in [0.15, 0.2) is 23.1 Å². The second-order valence-electron chi connectivity index (χ2n) is 4.85. The van der Waals surface area contributed by atoms with Crippen molar-refractivity contribution >= 4 is 10.0 Å². The first-order valence-corrected chi connectivity index (χ1v) is 7.52. The summed E-state index contributed by atoms with van der Waals surface area (Å²) >= 11 is 0. The summed E-state index contributed by atoms with van der Waals surface area (Å²) in [5.74, 6) is 0.199. The molecule has 1 aromatic carbocycles. The molecule has 5 nitrogen and oxygen atoms in total. The normalized spacial score (nSPS) is 13.3. The molecule has 0 radical (unpaired) electrons. The largest absolute Gasteiger partial charge is 0.326 e. The maximum absolute atomic E-state index is 12.1. The Morgan fingerprint density at radius 3 is 2.53 bits per heavy atom. The van der Waals surface area contributed by atoms with E-state index >= 15 is 0 Å². The third-order valence-electron chi connectivity index (χ3n) is 2.96. The summed E-state index contributed by atoms with van der Waals surface area (Å²) in [4.78, 5) is 0.183. The molecule has 0 aromatic heterocycles. The molecule has 0 saturated heterocycles. The van der Waals surface area contributed by atoms with E-state index in [1.807, 2.05) is 19.9 Å². The summed E-state index contributed by atoms with van der Waals surface area (Å²) in [6.45, 7) is 5.73. The maximum Gasteiger partial charge on any atom is 0.240 e. The molecule has 0 aliphatic heterocycles. The van der Waals surface area contributed by atoms with E-state index in [2.05, 4.69) is 4.72 Å². The summed E-state index contributed by atoms with van der Waals surface area (Å²) in [5.41, 5.74) is 6.80. The van der Waals surface area contributed by atoms with E-state index in [0.717, 1.165) is 0 Å². The number of nitriles is 1. The molecule has 19 heavy (non-hydrogen) atoms. The quantitative estimate of drug-likeness (QED) is 0.845. The molecule has 1 atom stereocenters. The fraction of sp³-hybridized carbons (Fsp3) is 0.462. The van der Waals surface area contributed by atoms with Crippen LogP contribution in [0.3, 0.4) is 0 Å². The second kappa shape index (κ2) is 6.15. The Labute approximate surface area is 114 Å². The minimum absolute atomic E-state index is 0.183. The lowest BCUT2D eigenvalue weighted by Crippen LogP contribution is -2.40. The van der Waals surface area contributed by atoms with E-state index < -0.39 is 10.0 Å². The molecule has 0 spiro atoms. The van der Waals surface area contributed by atoms with Crippen LogP contribution in [0.4, 0.5) is 0 Å². The van der Waals surface area contributed by atoms with Crippen molar-refractivity contribution in [1.29, 1.82) is 5.26 Å². The second-order valence-corrected chi connectivity index (χ2v) is 6.59. The first-order valence-electron chi connectivity index (χ1n) is 6.04. The van der Waals surface area contributed by atoms with Gasteiger partial charge in [-0.3, -0.25) is 0 Å². The van der Waals surface area contributed by atoms with Gasteiger partial charge < -0.3 is 5.73 Å². The van der Waals surface area contributed by atoms with E-state index in [0.29, 0.717) is 11.1 Å². The van der Waals surface area contributed by atoms with Crippen LogP contribution in [0.1, 0.15) is 25.0 Å². The standard InChI is InChI=1S/C13H19N3O2S/c1-9(2)12(15)8-16-19(17,18)13-5-4-11(7-14)6-10(13)3/h4-6,9,12,16H,8,15H2,1-3H3. The first-order chi connectivity index (χ1) is 8.77. The minimum atomic E-state index is -3.58. The number of nitrogens with zero attached hydrogens (tertiary/aromatic N) is 1. The Kier molecular flexibility index (Phi) is 5.06. The van der Waals surface area contributed by atoms with Gasteiger partial charge >= 0.3 is 0 Å². The van der Waals surface area contributed by atoms with E-state index in [1.54, 1.807) is 13.0 Å². The highest BCUT2D eigenvalue weighted by Crippen LogP contribution is 2.16. The van der Waals surface area contributed by atoms with Crippen molar-refractivity contribution in [2.24, 2.45) is 11.7 Å². The van der Waals surface area contributed by atoms with Gasteiger partial charge in [-0.25, -0.2) is 13.1 Å². The molecule has 1 rings (SSSR count). The Bertz CT molecular complexity index is 588. The summed E-state index contributed by atoms with van der Waals surface area (Å²) in [5, 5.41) is 8.76. The van der Waals surface area contributed by atoms with Gasteiger partial charge in [0.15, 0.2) is 0 Å². The van der Waals surface area contributed by atoms with Crippen molar-refractivity contribution in [3.8, 4) is 6.07 Å². The number of hydrogen-bond donors (Lipinski definition) is 2. The monoisotopic (exact) mass is 281 g/mol. The molecule has 1 unspecified atom stereocenters. The van der Waals surface area contributed by atoms with Crippen LogP contribution in [0, 0.1) is 24.2 Å². The van der Waals surface area contributed by atoms with Crippen LogP contribution in [0.2, 0.25) is 0 Å². The zero-order valence-electron chi connectivity index (χ0n) is 11.3. The minimum Gasteiger partial charge on any atom is -0.326 e. The number of nitrogens with two attached hydrogens (primary N) is 1. The molecule has 0 amide bonds. The lowest BCUT2D eigenvalue weighted by Gasteiger charge is -2.17. The fourth-order valence-electron chi connectivity index (χ4n) is 1.54. The first kappa shape index (κ1) is 15.6. The predicted octanol–water partition coefficient (Wildman–Crippen LogP) is 1.13. The topological polar surface area (TPSA) is 96.0 Å². The number of aryl methyl sites for hydroxylation is 1. The Hall–Kier alpha value is -1.42. The number of rotatable bonds is 5. The van der Waals surface area contributed by atoms with Gasteiger partial charge in [-0.05, 0) is 36.6 Å². The van der Waals surface area contributed by atoms with E-state index in [-0.39, 0.29) is 23.4 Å². The van der Waals surface area contributed by atoms with Crippen molar-refractivity contribution in [1.82, 2.24) is 4.72 Å². The number of benzene rings is 1. The van der Waals surface area contributed by atoms with Crippen molar-refractivity contribution in [2.75, 3.05) is 6.54 Å². The highest BCUT2D eigenvalue weighted by molar-refractivity contribution is 7.89. The molecule has 0 aliphatic carbocycles. The van der Waals surface area contributed by atoms with Crippen LogP contribution in [0.5, 0.6) is 0 Å². The molecular weight excluding hydrogens is 262 g/mol.